The van der Waals surface area contributed by atoms with Crippen molar-refractivity contribution in [1.82, 2.24) is 4.90 Å². The standard InChI is InChI=1S/C15H21NO4.C14H18ClNO3.C11H15NO3.C9H15NO2/c1-5-6-9-20-15(18)12-7-8-14(19-4)13(10-12)16(3)11(2)17;1-10(17)16(9-14(2,3)13(18)19-4)12-7-5-6-11(15)8-12;1-4-8(2)10-7-9(12(13)14)5-6-11(10)15-3;1-7(11)9-5-3-4-6-10(9)8(2)12/h7-8,10H,5-6,9H2,1-4H3;5-8H,9H2,1-4H3;5-8H,4H2,1-3H3;9H,3-6H2,1-2H3. The van der Waals surface area contributed by atoms with Crippen LogP contribution in [0.3, 0.4) is 0 Å². The monoisotopic (exact) mass is 940 g/mol. The molecule has 17 heteroatoms. The van der Waals surface area contributed by atoms with Crippen molar-refractivity contribution in [1.29, 1.82) is 0 Å². The van der Waals surface area contributed by atoms with Gasteiger partial charge in [0.05, 0.1) is 55.6 Å². The second kappa shape index (κ2) is 28.8. The Labute approximate surface area is 395 Å². The van der Waals surface area contributed by atoms with E-state index in [-0.39, 0.29) is 64.6 Å². The van der Waals surface area contributed by atoms with Gasteiger partial charge < -0.3 is 33.6 Å². The van der Waals surface area contributed by atoms with Gasteiger partial charge in [0.2, 0.25) is 17.7 Å². The van der Waals surface area contributed by atoms with Crippen LogP contribution in [0.4, 0.5) is 17.1 Å². The Bertz CT molecular complexity index is 2090. The predicted octanol–water partition coefficient (Wildman–Crippen LogP) is 9.62. The maximum Gasteiger partial charge on any atom is 0.338 e. The number of ketones is 1. The number of nitrogens with zero attached hydrogens (tertiary/aromatic N) is 4. The van der Waals surface area contributed by atoms with E-state index in [0.29, 0.717) is 34.3 Å². The largest absolute Gasteiger partial charge is 0.496 e. The first-order chi connectivity index (χ1) is 31.0. The third-order valence-corrected chi connectivity index (χ3v) is 10.9. The minimum atomic E-state index is -0.789. The summed E-state index contributed by atoms with van der Waals surface area (Å²) in [6, 6.07) is 16.4. The molecule has 0 bridgehead atoms. The summed E-state index contributed by atoms with van der Waals surface area (Å²) < 4.78 is 20.3. The number of benzene rings is 3. The summed E-state index contributed by atoms with van der Waals surface area (Å²) in [4.78, 5) is 83.9. The fourth-order valence-corrected chi connectivity index (χ4v) is 6.76. The zero-order valence-electron chi connectivity index (χ0n) is 40.9. The number of ether oxygens (including phenoxy) is 4. The molecule has 16 nitrogen and oxygen atoms in total. The van der Waals surface area contributed by atoms with Gasteiger partial charge >= 0.3 is 11.9 Å². The van der Waals surface area contributed by atoms with E-state index in [4.69, 9.17) is 30.5 Å². The van der Waals surface area contributed by atoms with E-state index < -0.39 is 5.41 Å². The van der Waals surface area contributed by atoms with E-state index in [1.807, 2.05) is 20.8 Å². The number of likely N-dealkylation sites (tertiary alicyclic amines) is 1. The van der Waals surface area contributed by atoms with Gasteiger partial charge in [0.1, 0.15) is 11.5 Å². The van der Waals surface area contributed by atoms with Gasteiger partial charge in [-0.05, 0) is 101 Å². The van der Waals surface area contributed by atoms with Crippen LogP contribution in [0, 0.1) is 15.5 Å². The van der Waals surface area contributed by atoms with Gasteiger partial charge in [-0.2, -0.15) is 0 Å². The van der Waals surface area contributed by atoms with Crippen molar-refractivity contribution in [2.24, 2.45) is 5.41 Å². The fourth-order valence-electron chi connectivity index (χ4n) is 6.58. The average molecular weight is 942 g/mol. The number of Topliss-reactive ketones (excluding diaryl/α,β-unsaturated/α-hetero) is 1. The first-order valence-corrected chi connectivity index (χ1v) is 22.2. The second-order valence-corrected chi connectivity index (χ2v) is 16.7. The number of hydrogen-bond acceptors (Lipinski definition) is 12. The molecule has 0 aliphatic carbocycles. The van der Waals surface area contributed by atoms with Crippen LogP contribution in [0.1, 0.15) is 123 Å². The SMILES string of the molecule is CC(=O)C1CCCCN1C(C)=O.CCC(C)c1cc([N+](=O)[O-])ccc1OC.CCCCOC(=O)c1ccc(OC)c(N(C)C(C)=O)c1.COC(=O)C(C)(C)CN(C(C)=O)c1cccc(Cl)c1. The van der Waals surface area contributed by atoms with Crippen molar-refractivity contribution >= 4 is 64.1 Å². The number of non-ortho nitro benzene ring substituents is 1. The summed E-state index contributed by atoms with van der Waals surface area (Å²) in [7, 11) is 6.06. The molecule has 3 amide bonds. The Morgan fingerprint density at radius 1 is 0.894 bits per heavy atom. The summed E-state index contributed by atoms with van der Waals surface area (Å²) in [6.45, 7) is 17.0. The van der Waals surface area contributed by atoms with Crippen LogP contribution in [0.5, 0.6) is 11.5 Å². The lowest BCUT2D eigenvalue weighted by molar-refractivity contribution is -0.385. The lowest BCUT2D eigenvalue weighted by Crippen LogP contribution is -2.46. The van der Waals surface area contributed by atoms with E-state index in [9.17, 15) is 38.9 Å². The molecular formula is C49H69ClN4O12. The molecule has 3 aromatic rings. The molecule has 2 unspecified atom stereocenters. The maximum atomic E-state index is 11.9. The van der Waals surface area contributed by atoms with Crippen LogP contribution in [0.2, 0.25) is 5.02 Å². The molecule has 4 rings (SSSR count). The number of unbranched alkanes of at least 4 members (excludes halogenated alkanes) is 1. The van der Waals surface area contributed by atoms with Crippen molar-refractivity contribution in [3.05, 3.63) is 86.9 Å². The number of carbonyl (C=O) groups is 6. The Kier molecular flexibility index (Phi) is 25.3. The molecule has 0 saturated carbocycles. The maximum absolute atomic E-state index is 11.9. The highest BCUT2D eigenvalue weighted by atomic mass is 35.5. The highest BCUT2D eigenvalue weighted by molar-refractivity contribution is 6.30. The molecule has 1 fully saturated rings. The van der Waals surface area contributed by atoms with E-state index in [1.165, 1.54) is 50.9 Å². The van der Waals surface area contributed by atoms with Crippen LogP contribution < -0.4 is 19.3 Å². The number of methoxy groups -OCH3 is 3. The lowest BCUT2D eigenvalue weighted by Gasteiger charge is -2.33. The third-order valence-electron chi connectivity index (χ3n) is 10.7. The molecule has 1 heterocycles. The Morgan fingerprint density at radius 3 is 2.02 bits per heavy atom. The fraction of sp³-hybridized carbons (Fsp3) is 0.510. The molecule has 0 N–H and O–H groups in total. The predicted molar refractivity (Wildman–Crippen MR) is 257 cm³/mol. The first kappa shape index (κ1) is 58.0. The highest BCUT2D eigenvalue weighted by Gasteiger charge is 2.33. The summed E-state index contributed by atoms with van der Waals surface area (Å²) in [5.41, 5.74) is 1.84. The number of nitro benzene ring substituents is 1. The molecular weight excluding hydrogens is 872 g/mol. The van der Waals surface area contributed by atoms with Crippen molar-refractivity contribution in [3.8, 4) is 11.5 Å². The van der Waals surface area contributed by atoms with E-state index in [1.54, 1.807) is 94.4 Å². The van der Waals surface area contributed by atoms with Crippen molar-refractivity contribution < 1.29 is 52.6 Å². The molecule has 3 aromatic carbocycles. The van der Waals surface area contributed by atoms with Crippen molar-refractivity contribution in [2.45, 2.75) is 113 Å². The van der Waals surface area contributed by atoms with Gasteiger partial charge in [0, 0.05) is 69.3 Å². The van der Waals surface area contributed by atoms with Crippen LogP contribution in [-0.2, 0) is 33.4 Å². The zero-order chi connectivity index (χ0) is 50.3. The Balaban J connectivity index is 0.000000447. The van der Waals surface area contributed by atoms with Gasteiger partial charge in [0.15, 0.2) is 5.78 Å². The normalized spacial score (nSPS) is 13.3. The van der Waals surface area contributed by atoms with Gasteiger partial charge in [-0.1, -0.05) is 44.9 Å². The summed E-state index contributed by atoms with van der Waals surface area (Å²) in [5.74, 6) is 0.613. The number of piperidine rings is 1. The number of halogens is 1. The summed E-state index contributed by atoms with van der Waals surface area (Å²) >= 11 is 5.93. The topological polar surface area (TPSA) is 192 Å². The van der Waals surface area contributed by atoms with Gasteiger partial charge in [-0.3, -0.25) is 34.1 Å². The molecule has 2 atom stereocenters. The van der Waals surface area contributed by atoms with Gasteiger partial charge in [0.25, 0.3) is 5.69 Å². The van der Waals surface area contributed by atoms with Crippen LogP contribution in [0.25, 0.3) is 0 Å². The molecule has 1 saturated heterocycles. The molecule has 0 aromatic heterocycles. The van der Waals surface area contributed by atoms with Gasteiger partial charge in [-0.15, -0.1) is 0 Å². The molecule has 1 aliphatic rings. The van der Waals surface area contributed by atoms with Crippen molar-refractivity contribution in [3.63, 3.8) is 0 Å². The minimum Gasteiger partial charge on any atom is -0.496 e. The van der Waals surface area contributed by atoms with E-state index >= 15 is 0 Å². The van der Waals surface area contributed by atoms with Gasteiger partial charge in [-0.25, -0.2) is 4.79 Å². The number of amides is 3. The van der Waals surface area contributed by atoms with Crippen LogP contribution in [0.15, 0.2) is 60.7 Å². The molecule has 1 aliphatic heterocycles. The second-order valence-electron chi connectivity index (χ2n) is 16.2. The number of anilines is 2. The number of carbonyl (C=O) groups excluding carboxylic acids is 6. The number of rotatable bonds is 15. The quantitative estimate of drug-likeness (QED) is 0.0607. The summed E-state index contributed by atoms with van der Waals surface area (Å²) in [5, 5.41) is 11.2. The number of hydrogen-bond donors (Lipinski definition) is 0. The zero-order valence-corrected chi connectivity index (χ0v) is 41.6. The molecule has 364 valence electrons. The summed E-state index contributed by atoms with van der Waals surface area (Å²) in [6.07, 6.45) is 5.67. The molecule has 0 spiro atoms. The van der Waals surface area contributed by atoms with E-state index in [2.05, 4.69) is 0 Å². The smallest absolute Gasteiger partial charge is 0.338 e. The Hall–Kier alpha value is -6.03. The van der Waals surface area contributed by atoms with E-state index in [0.717, 1.165) is 56.4 Å². The molecule has 66 heavy (non-hydrogen) atoms. The lowest BCUT2D eigenvalue weighted by atomic mass is 9.92. The minimum absolute atomic E-state index is 0.0231. The number of esters is 2. The number of nitro groups is 1. The molecule has 0 radical (unpaired) electrons. The average Bonchev–Trinajstić information content (AvgIpc) is 3.29. The third kappa shape index (κ3) is 18.5. The van der Waals surface area contributed by atoms with Crippen LogP contribution in [-0.4, -0.2) is 99.4 Å². The Morgan fingerprint density at radius 2 is 1.53 bits per heavy atom. The first-order valence-electron chi connectivity index (χ1n) is 21.8. The van der Waals surface area contributed by atoms with Crippen LogP contribution >= 0.6 is 11.6 Å². The highest BCUT2D eigenvalue weighted by Crippen LogP contribution is 2.32. The van der Waals surface area contributed by atoms with Crippen molar-refractivity contribution in [2.75, 3.05) is 57.9 Å².